The summed E-state index contributed by atoms with van der Waals surface area (Å²) in [6, 6.07) is 0. The van der Waals surface area contributed by atoms with Gasteiger partial charge in [0, 0.05) is 24.3 Å². The van der Waals surface area contributed by atoms with Gasteiger partial charge in [-0.3, -0.25) is 19.5 Å². The van der Waals surface area contributed by atoms with Gasteiger partial charge in [0.25, 0.3) is 0 Å². The van der Waals surface area contributed by atoms with Crippen molar-refractivity contribution in [2.24, 2.45) is 0 Å². The zero-order valence-electron chi connectivity index (χ0n) is 10.4. The largest absolute Gasteiger partial charge is 0.391 e. The van der Waals surface area contributed by atoms with E-state index in [0.29, 0.717) is 19.5 Å². The second-order valence-electron chi connectivity index (χ2n) is 4.70. The Labute approximate surface area is 108 Å². The van der Waals surface area contributed by atoms with Crippen LogP contribution in [0.5, 0.6) is 0 Å². The van der Waals surface area contributed by atoms with Crippen LogP contribution in [0.4, 0.5) is 0 Å². The lowest BCUT2D eigenvalue weighted by molar-refractivity contribution is -0.139. The van der Waals surface area contributed by atoms with E-state index in [9.17, 15) is 14.7 Å². The number of likely N-dealkylation sites (tertiary alicyclic amines) is 1. The second kappa shape index (κ2) is 4.65. The number of aliphatic hydroxyl groups excluding tert-OH is 1. The molecule has 1 aromatic rings. The molecule has 9 nitrogen and oxygen atoms in total. The number of nitrogens with zero attached hydrogens (tertiary/aromatic N) is 4. The highest BCUT2D eigenvalue weighted by atomic mass is 17.0. The highest BCUT2D eigenvalue weighted by Gasteiger charge is 2.30. The summed E-state index contributed by atoms with van der Waals surface area (Å²) < 4.78 is 5.04. The quantitative estimate of drug-likeness (QED) is 0.633. The number of aromatic nitrogens is 2. The molecule has 2 aliphatic heterocycles. The van der Waals surface area contributed by atoms with Gasteiger partial charge in [-0.05, 0) is 6.42 Å². The van der Waals surface area contributed by atoms with Crippen molar-refractivity contribution in [3.63, 3.8) is 0 Å². The number of carbonyl (C=O) groups is 2. The van der Waals surface area contributed by atoms with Crippen molar-refractivity contribution in [2.75, 3.05) is 31.3 Å². The molecule has 0 aromatic carbocycles. The van der Waals surface area contributed by atoms with Crippen LogP contribution in [0.1, 0.15) is 19.3 Å². The molecule has 1 aromatic heterocycles. The summed E-state index contributed by atoms with van der Waals surface area (Å²) in [4.78, 5) is 30.5. The third-order valence-electron chi connectivity index (χ3n) is 3.31. The molecule has 0 bridgehead atoms. The number of β-amino-alcohol motifs (C(OH)–C–C–N with tert-alkyl or cyclic N) is 1. The van der Waals surface area contributed by atoms with E-state index in [4.69, 9.17) is 9.47 Å². The van der Waals surface area contributed by atoms with Gasteiger partial charge >= 0.3 is 0 Å². The molecule has 106 valence electrons. The number of hydrogen-bond donors (Lipinski definition) is 1. The zero-order valence-corrected chi connectivity index (χ0v) is 10.4. The topological polar surface area (TPSA) is 93.1 Å². The fraction of sp³-hybridized carbons (Fsp3) is 0.800. The lowest BCUT2D eigenvalue weighted by Crippen LogP contribution is -2.35. The van der Waals surface area contributed by atoms with E-state index < -0.39 is 0 Å². The van der Waals surface area contributed by atoms with E-state index in [1.807, 2.05) is 0 Å². The normalized spacial score (nSPS) is 23.9. The third-order valence-corrected chi connectivity index (χ3v) is 3.31. The van der Waals surface area contributed by atoms with Crippen LogP contribution in [-0.2, 0) is 9.59 Å². The molecule has 1 atom stereocenters. The predicted octanol–water partition coefficient (Wildman–Crippen LogP) is -1.84. The number of aliphatic hydroxyl groups is 1. The summed E-state index contributed by atoms with van der Waals surface area (Å²) in [6.07, 6.45) is 0.934. The molecule has 0 aliphatic carbocycles. The molecule has 0 radical (unpaired) electrons. The minimum atomic E-state index is -0.342. The number of hydrogen-bond acceptors (Lipinski definition) is 6. The minimum absolute atomic E-state index is 0.153. The first-order valence-corrected chi connectivity index (χ1v) is 6.32. The molecule has 1 N–H and O–H groups in total. The maximum atomic E-state index is 11.3. The smallest absolute Gasteiger partial charge is 0.229 e. The maximum absolute atomic E-state index is 11.3. The molecule has 3 heterocycles. The Balaban J connectivity index is 1.42. The van der Waals surface area contributed by atoms with Crippen LogP contribution in [0.2, 0.25) is 0 Å². The first kappa shape index (κ1) is 12.2. The van der Waals surface area contributed by atoms with Gasteiger partial charge in [-0.15, -0.1) is 0 Å². The van der Waals surface area contributed by atoms with Crippen molar-refractivity contribution in [2.45, 2.75) is 25.4 Å². The molecule has 2 saturated heterocycles. The number of amides is 2. The SMILES string of the molecule is O=C1CCC(=O)N1CCOn1on1N1CCC(O)C1. The zero-order chi connectivity index (χ0) is 13.4. The molecule has 1 unspecified atom stereocenters. The number of rotatable bonds is 5. The molecule has 0 spiro atoms. The van der Waals surface area contributed by atoms with Gasteiger partial charge in [-0.25, -0.2) is 0 Å². The Morgan fingerprint density at radius 3 is 2.68 bits per heavy atom. The van der Waals surface area contributed by atoms with Gasteiger partial charge < -0.3 is 9.94 Å². The Morgan fingerprint density at radius 2 is 2.05 bits per heavy atom. The first-order chi connectivity index (χ1) is 9.15. The summed E-state index contributed by atoms with van der Waals surface area (Å²) in [5.74, 6) is -0.306. The van der Waals surface area contributed by atoms with Gasteiger partial charge in [-0.2, -0.15) is 4.63 Å². The van der Waals surface area contributed by atoms with E-state index in [1.165, 1.54) is 14.9 Å². The fourth-order valence-corrected chi connectivity index (χ4v) is 2.24. The number of carbonyl (C=O) groups excluding carboxylic acids is 2. The summed E-state index contributed by atoms with van der Waals surface area (Å²) in [5, 5.41) is 12.3. The molecule has 2 amide bonds. The summed E-state index contributed by atoms with van der Waals surface area (Å²) in [6.45, 7) is 1.62. The van der Waals surface area contributed by atoms with Crippen molar-refractivity contribution in [1.82, 2.24) is 14.9 Å². The molecule has 9 heteroatoms. The van der Waals surface area contributed by atoms with E-state index >= 15 is 0 Å². The van der Waals surface area contributed by atoms with Crippen molar-refractivity contribution < 1.29 is 24.2 Å². The molecule has 2 aliphatic rings. The van der Waals surface area contributed by atoms with Crippen LogP contribution in [-0.4, -0.2) is 64.1 Å². The number of imide groups is 1. The monoisotopic (exact) mass is 272 g/mol. The maximum Gasteiger partial charge on any atom is 0.229 e. The van der Waals surface area contributed by atoms with Gasteiger partial charge in [0.2, 0.25) is 11.8 Å². The van der Waals surface area contributed by atoms with E-state index in [-0.39, 0.29) is 43.9 Å². The Morgan fingerprint density at radius 1 is 1.32 bits per heavy atom. The van der Waals surface area contributed by atoms with Crippen molar-refractivity contribution in [3.8, 4) is 0 Å². The van der Waals surface area contributed by atoms with Gasteiger partial charge in [0.1, 0.15) is 11.6 Å². The van der Waals surface area contributed by atoms with E-state index in [2.05, 4.69) is 0 Å². The molecular weight excluding hydrogens is 256 g/mol. The average molecular weight is 272 g/mol. The molecule has 0 saturated carbocycles. The molecule has 19 heavy (non-hydrogen) atoms. The summed E-state index contributed by atoms with van der Waals surface area (Å²) in [7, 11) is 0. The van der Waals surface area contributed by atoms with Crippen LogP contribution in [0, 0.1) is 0 Å². The predicted molar refractivity (Wildman–Crippen MR) is 60.7 cm³/mol. The molecular formula is C10H16N4O5. The summed E-state index contributed by atoms with van der Waals surface area (Å²) >= 11 is 0. The summed E-state index contributed by atoms with van der Waals surface area (Å²) in [5.41, 5.74) is 0. The van der Waals surface area contributed by atoms with Crippen LogP contribution in [0.3, 0.4) is 0 Å². The second-order valence-corrected chi connectivity index (χ2v) is 4.70. The Bertz CT molecular complexity index is 459. The minimum Gasteiger partial charge on any atom is -0.391 e. The first-order valence-electron chi connectivity index (χ1n) is 6.32. The van der Waals surface area contributed by atoms with Crippen molar-refractivity contribution >= 4 is 11.8 Å². The van der Waals surface area contributed by atoms with Gasteiger partial charge in [-0.1, -0.05) is 0 Å². The van der Waals surface area contributed by atoms with Crippen LogP contribution >= 0.6 is 0 Å². The highest BCUT2D eigenvalue weighted by Crippen LogP contribution is 2.12. The van der Waals surface area contributed by atoms with Gasteiger partial charge in [0.05, 0.1) is 19.2 Å². The Hall–Kier alpha value is -1.90. The van der Waals surface area contributed by atoms with Crippen molar-refractivity contribution in [3.05, 3.63) is 0 Å². The van der Waals surface area contributed by atoms with Crippen LogP contribution in [0.25, 0.3) is 0 Å². The van der Waals surface area contributed by atoms with Crippen molar-refractivity contribution in [1.29, 1.82) is 0 Å². The highest BCUT2D eigenvalue weighted by molar-refractivity contribution is 6.01. The van der Waals surface area contributed by atoms with Gasteiger partial charge in [0.15, 0.2) is 0 Å². The lowest BCUT2D eigenvalue weighted by atomic mass is 10.3. The lowest BCUT2D eigenvalue weighted by Gasteiger charge is -2.12. The average Bonchev–Trinajstić information content (AvgIpc) is 2.92. The van der Waals surface area contributed by atoms with E-state index in [1.54, 1.807) is 5.01 Å². The van der Waals surface area contributed by atoms with E-state index in [0.717, 1.165) is 0 Å². The van der Waals surface area contributed by atoms with Crippen LogP contribution < -0.4 is 9.85 Å². The fourth-order valence-electron chi connectivity index (χ4n) is 2.24. The van der Waals surface area contributed by atoms with Crippen LogP contribution in [0.15, 0.2) is 4.63 Å². The standard InChI is InChI=1S/C10H16N4O5/c15-8-3-4-11(7-8)13-14(19-13)18-6-5-12-9(16)1-2-10(12)17/h8,15H,1-7H2. The molecule has 2 fully saturated rings. The third kappa shape index (κ3) is 2.46. The molecule has 3 rings (SSSR count). The Kier molecular flexibility index (Phi) is 2.97.